The number of hydrogen-bond acceptors (Lipinski definition) is 6. The predicted molar refractivity (Wildman–Crippen MR) is 177 cm³/mol. The summed E-state index contributed by atoms with van der Waals surface area (Å²) in [5.74, 6) is -1.87. The number of aryl methyl sites for hydroxylation is 1. The van der Waals surface area contributed by atoms with Gasteiger partial charge < -0.3 is 26.0 Å². The van der Waals surface area contributed by atoms with Crippen molar-refractivity contribution in [3.8, 4) is 0 Å². The fourth-order valence-corrected chi connectivity index (χ4v) is 5.37. The monoisotopic (exact) mass is 634 g/mol. The first-order chi connectivity index (χ1) is 21.8. The van der Waals surface area contributed by atoms with Gasteiger partial charge in [-0.15, -0.1) is 0 Å². The summed E-state index contributed by atoms with van der Waals surface area (Å²) in [7, 11) is 0. The molecule has 250 valence electrons. The molecule has 5 unspecified atom stereocenters. The van der Waals surface area contributed by atoms with Gasteiger partial charge in [0.2, 0.25) is 23.6 Å². The second-order valence-corrected chi connectivity index (χ2v) is 13.3. The third kappa shape index (κ3) is 11.7. The minimum Gasteiger partial charge on any atom is -0.361 e. The van der Waals surface area contributed by atoms with Gasteiger partial charge in [0.1, 0.15) is 23.7 Å². The Morgan fingerprint density at radius 1 is 0.674 bits per heavy atom. The van der Waals surface area contributed by atoms with Crippen molar-refractivity contribution in [3.05, 3.63) is 71.8 Å². The van der Waals surface area contributed by atoms with Gasteiger partial charge in [0, 0.05) is 13.3 Å². The van der Waals surface area contributed by atoms with Crippen LogP contribution in [0.15, 0.2) is 60.7 Å². The number of nitrogens with one attached hydrogen (secondary N) is 4. The van der Waals surface area contributed by atoms with Crippen molar-refractivity contribution in [3.63, 3.8) is 0 Å². The van der Waals surface area contributed by atoms with Gasteiger partial charge in [-0.2, -0.15) is 0 Å². The van der Waals surface area contributed by atoms with Crippen LogP contribution >= 0.6 is 0 Å². The summed E-state index contributed by atoms with van der Waals surface area (Å²) in [6.07, 6.45) is 1.82. The second kappa shape index (κ2) is 17.0. The lowest BCUT2D eigenvalue weighted by Gasteiger charge is -2.28. The van der Waals surface area contributed by atoms with Gasteiger partial charge in [-0.25, -0.2) is 0 Å². The molecule has 0 bridgehead atoms. The first-order valence-corrected chi connectivity index (χ1v) is 16.2. The van der Waals surface area contributed by atoms with Crippen LogP contribution in [0.4, 0.5) is 0 Å². The van der Waals surface area contributed by atoms with E-state index >= 15 is 0 Å². The maximum Gasteiger partial charge on any atom is 0.243 e. The molecule has 0 aromatic heterocycles. The quantitative estimate of drug-likeness (QED) is 0.185. The van der Waals surface area contributed by atoms with Crippen LogP contribution in [0, 0.1) is 11.8 Å². The lowest BCUT2D eigenvalue weighted by atomic mass is 9.93. The Kier molecular flexibility index (Phi) is 13.5. The molecule has 1 saturated heterocycles. The van der Waals surface area contributed by atoms with E-state index in [1.165, 1.54) is 6.92 Å². The minimum absolute atomic E-state index is 0.0355. The summed E-state index contributed by atoms with van der Waals surface area (Å²) in [5, 5.41) is 11.3. The Balaban J connectivity index is 1.80. The van der Waals surface area contributed by atoms with Gasteiger partial charge in [-0.05, 0) is 55.6 Å². The van der Waals surface area contributed by atoms with Gasteiger partial charge in [-0.3, -0.25) is 24.0 Å². The molecule has 0 saturated carbocycles. The zero-order valence-corrected chi connectivity index (χ0v) is 27.9. The van der Waals surface area contributed by atoms with Crippen LogP contribution in [0.2, 0.25) is 0 Å². The van der Waals surface area contributed by atoms with Gasteiger partial charge in [0.25, 0.3) is 0 Å². The normalized spacial score (nSPS) is 18.2. The summed E-state index contributed by atoms with van der Waals surface area (Å²) in [6.45, 7) is 11.2. The molecular weight excluding hydrogens is 584 g/mol. The molecule has 0 aliphatic carbocycles. The number of Topliss-reactive ketones (excluding diaryl/α,β-unsaturated/α-hetero) is 1. The molecule has 0 radical (unpaired) electrons. The number of epoxide rings is 1. The van der Waals surface area contributed by atoms with E-state index in [0.29, 0.717) is 32.3 Å². The molecule has 5 atom stereocenters. The van der Waals surface area contributed by atoms with Crippen LogP contribution in [0.3, 0.4) is 0 Å². The Bertz CT molecular complexity index is 1330. The molecule has 3 rings (SSSR count). The molecule has 1 fully saturated rings. The number of benzene rings is 2. The molecule has 10 heteroatoms. The van der Waals surface area contributed by atoms with E-state index in [0.717, 1.165) is 11.1 Å². The number of carbonyl (C=O) groups excluding carboxylic acids is 5. The highest BCUT2D eigenvalue weighted by atomic mass is 16.6. The first-order valence-electron chi connectivity index (χ1n) is 16.2. The van der Waals surface area contributed by atoms with Crippen molar-refractivity contribution in [2.75, 3.05) is 6.61 Å². The van der Waals surface area contributed by atoms with E-state index in [9.17, 15) is 24.0 Å². The maximum absolute atomic E-state index is 13.8. The van der Waals surface area contributed by atoms with E-state index in [-0.39, 0.29) is 29.9 Å². The maximum atomic E-state index is 13.8. The standard InChI is InChI=1S/C36H50N4O6/c1-23(2)19-29(32(42)36(6)22-46-36)38-35(45)31(21-27-15-11-8-12-16-27)40-34(44)30(20-24(3)4)39-33(43)28(37-25(5)41)18-17-26-13-9-7-10-14-26/h7-16,23-24,28-31H,17-22H2,1-6H3,(H,37,41)(H,38,45)(H,39,43)(H,40,44). The van der Waals surface area contributed by atoms with Gasteiger partial charge in [0.05, 0.1) is 12.6 Å². The van der Waals surface area contributed by atoms with Gasteiger partial charge >= 0.3 is 0 Å². The SMILES string of the molecule is CC(=O)NC(CCc1ccccc1)C(=O)NC(CC(C)C)C(=O)NC(Cc1ccccc1)C(=O)NC(CC(C)C)C(=O)C1(C)CO1. The number of hydrogen-bond donors (Lipinski definition) is 4. The Labute approximate surface area is 272 Å². The molecule has 0 spiro atoms. The summed E-state index contributed by atoms with van der Waals surface area (Å²) in [6, 6.07) is 15.3. The zero-order chi connectivity index (χ0) is 33.9. The second-order valence-electron chi connectivity index (χ2n) is 13.3. The predicted octanol–water partition coefficient (Wildman–Crippen LogP) is 3.27. The Hall–Kier alpha value is -4.05. The Morgan fingerprint density at radius 2 is 1.13 bits per heavy atom. The molecule has 1 aliphatic rings. The van der Waals surface area contributed by atoms with Crippen molar-refractivity contribution in [2.45, 2.75) is 103 Å². The summed E-state index contributed by atoms with van der Waals surface area (Å²) >= 11 is 0. The lowest BCUT2D eigenvalue weighted by molar-refractivity contribution is -0.135. The lowest BCUT2D eigenvalue weighted by Crippen LogP contribution is -2.59. The van der Waals surface area contributed by atoms with Gasteiger partial charge in [0.15, 0.2) is 5.78 Å². The smallest absolute Gasteiger partial charge is 0.243 e. The highest BCUT2D eigenvalue weighted by molar-refractivity contribution is 5.98. The largest absolute Gasteiger partial charge is 0.361 e. The van der Waals surface area contributed by atoms with Crippen LogP contribution in [0.25, 0.3) is 0 Å². The molecular formula is C36H50N4O6. The van der Waals surface area contributed by atoms with E-state index in [1.807, 2.05) is 88.4 Å². The van der Waals surface area contributed by atoms with Crippen molar-refractivity contribution in [1.29, 1.82) is 0 Å². The number of carbonyl (C=O) groups is 5. The molecule has 46 heavy (non-hydrogen) atoms. The highest BCUT2D eigenvalue weighted by Crippen LogP contribution is 2.29. The molecule has 1 heterocycles. The average Bonchev–Trinajstić information content (AvgIpc) is 3.76. The molecule has 1 aliphatic heterocycles. The van der Waals surface area contributed by atoms with E-state index < -0.39 is 47.5 Å². The van der Waals surface area contributed by atoms with Crippen LogP contribution in [0.1, 0.15) is 71.9 Å². The van der Waals surface area contributed by atoms with Gasteiger partial charge in [-0.1, -0.05) is 88.4 Å². The number of rotatable bonds is 18. The molecule has 2 aromatic carbocycles. The molecule has 10 nitrogen and oxygen atoms in total. The Morgan fingerprint density at radius 3 is 1.65 bits per heavy atom. The first kappa shape index (κ1) is 36.4. The van der Waals surface area contributed by atoms with E-state index in [4.69, 9.17) is 4.74 Å². The average molecular weight is 635 g/mol. The topological polar surface area (TPSA) is 146 Å². The van der Waals surface area contributed by atoms with Crippen molar-refractivity contribution in [2.24, 2.45) is 11.8 Å². The number of ketones is 1. The number of amides is 4. The van der Waals surface area contributed by atoms with E-state index in [2.05, 4.69) is 21.3 Å². The van der Waals surface area contributed by atoms with Crippen LogP contribution in [0.5, 0.6) is 0 Å². The van der Waals surface area contributed by atoms with E-state index in [1.54, 1.807) is 6.92 Å². The highest BCUT2D eigenvalue weighted by Gasteiger charge is 2.50. The number of ether oxygens (including phenoxy) is 1. The van der Waals surface area contributed by atoms with Crippen LogP contribution < -0.4 is 21.3 Å². The fraction of sp³-hybridized carbons (Fsp3) is 0.528. The van der Waals surface area contributed by atoms with Crippen molar-refractivity contribution < 1.29 is 28.7 Å². The molecule has 2 aromatic rings. The third-order valence-corrected chi connectivity index (χ3v) is 7.95. The summed E-state index contributed by atoms with van der Waals surface area (Å²) in [4.78, 5) is 66.3. The van der Waals surface area contributed by atoms with Crippen LogP contribution in [-0.4, -0.2) is 65.8 Å². The molecule has 4 N–H and O–H groups in total. The van der Waals surface area contributed by atoms with Crippen molar-refractivity contribution >= 4 is 29.4 Å². The minimum atomic E-state index is -1.01. The molecule has 4 amide bonds. The van der Waals surface area contributed by atoms with Crippen molar-refractivity contribution in [1.82, 2.24) is 21.3 Å². The summed E-state index contributed by atoms with van der Waals surface area (Å²) in [5.41, 5.74) is 0.930. The third-order valence-electron chi connectivity index (χ3n) is 7.95. The van der Waals surface area contributed by atoms with Crippen LogP contribution in [-0.2, 0) is 41.6 Å². The summed E-state index contributed by atoms with van der Waals surface area (Å²) < 4.78 is 5.38. The zero-order valence-electron chi connectivity index (χ0n) is 27.9. The fourth-order valence-electron chi connectivity index (χ4n) is 5.37.